The van der Waals surface area contributed by atoms with Crippen molar-refractivity contribution >= 4 is 38.8 Å². The molecule has 0 bridgehead atoms. The zero-order chi connectivity index (χ0) is 22.8. The highest BCUT2D eigenvalue weighted by Crippen LogP contribution is 2.50. The van der Waals surface area contributed by atoms with Gasteiger partial charge < -0.3 is 9.88 Å². The molecule has 2 unspecified atom stereocenters. The second kappa shape index (κ2) is 7.23. The average Bonchev–Trinajstić information content (AvgIpc) is 3.39. The van der Waals surface area contributed by atoms with Gasteiger partial charge in [-0.05, 0) is 66.4 Å². The van der Waals surface area contributed by atoms with Gasteiger partial charge in [-0.25, -0.2) is 0 Å². The number of aromatic amines is 1. The Morgan fingerprint density at radius 3 is 2.47 bits per heavy atom. The fourth-order valence-electron chi connectivity index (χ4n) is 5.86. The van der Waals surface area contributed by atoms with Gasteiger partial charge in [0.1, 0.15) is 0 Å². The van der Waals surface area contributed by atoms with Crippen LogP contribution in [0.2, 0.25) is 0 Å². The lowest BCUT2D eigenvalue weighted by molar-refractivity contribution is 0.745. The van der Waals surface area contributed by atoms with Gasteiger partial charge in [-0.3, -0.25) is 0 Å². The van der Waals surface area contributed by atoms with Crippen LogP contribution in [0, 0.1) is 13.8 Å². The lowest BCUT2D eigenvalue weighted by Crippen LogP contribution is -2.29. The van der Waals surface area contributed by atoms with E-state index in [4.69, 9.17) is 0 Å². The number of hydrogen-bond acceptors (Lipinski definition) is 1. The average molecular weight is 439 g/mol. The van der Waals surface area contributed by atoms with Crippen LogP contribution < -0.4 is 4.90 Å². The second-order valence-electron chi connectivity index (χ2n) is 9.65. The zero-order valence-corrected chi connectivity index (χ0v) is 19.4. The van der Waals surface area contributed by atoms with Gasteiger partial charge in [-0.2, -0.15) is 0 Å². The predicted molar refractivity (Wildman–Crippen MR) is 144 cm³/mol. The Morgan fingerprint density at radius 1 is 0.735 bits per heavy atom. The first-order chi connectivity index (χ1) is 16.7. The monoisotopic (exact) mass is 438 g/mol. The summed E-state index contributed by atoms with van der Waals surface area (Å²) >= 11 is 0. The molecule has 0 saturated carbocycles. The number of anilines is 2. The third-order valence-electron chi connectivity index (χ3n) is 7.51. The molecule has 2 heteroatoms. The maximum Gasteiger partial charge on any atom is 0.0630 e. The van der Waals surface area contributed by atoms with Crippen LogP contribution in [-0.2, 0) is 0 Å². The van der Waals surface area contributed by atoms with Crippen LogP contribution in [0.15, 0.2) is 103 Å². The molecule has 5 aromatic rings. The molecule has 2 heterocycles. The van der Waals surface area contributed by atoms with Gasteiger partial charge in [0, 0.05) is 39.1 Å². The van der Waals surface area contributed by atoms with Gasteiger partial charge in [-0.15, -0.1) is 0 Å². The van der Waals surface area contributed by atoms with Gasteiger partial charge in [0.25, 0.3) is 0 Å². The molecule has 0 saturated heterocycles. The van der Waals surface area contributed by atoms with Crippen molar-refractivity contribution in [3.05, 3.63) is 125 Å². The van der Waals surface area contributed by atoms with Crippen LogP contribution in [0.4, 0.5) is 11.4 Å². The number of para-hydroxylation sites is 2. The molecule has 0 amide bonds. The fourth-order valence-corrected chi connectivity index (χ4v) is 5.86. The smallest absolute Gasteiger partial charge is 0.0630 e. The summed E-state index contributed by atoms with van der Waals surface area (Å²) in [4.78, 5) is 6.08. The first-order valence-corrected chi connectivity index (χ1v) is 12.0. The van der Waals surface area contributed by atoms with E-state index in [1.54, 1.807) is 0 Å². The predicted octanol–water partition coefficient (Wildman–Crippen LogP) is 8.20. The van der Waals surface area contributed by atoms with Crippen molar-refractivity contribution in [2.45, 2.75) is 25.8 Å². The highest BCUT2D eigenvalue weighted by atomic mass is 15.2. The number of hydrogen-bond donors (Lipinski definition) is 1. The largest absolute Gasteiger partial charge is 0.355 e. The quantitative estimate of drug-likeness (QED) is 0.294. The SMILES string of the molecule is Cc1ccc2c(c1)C1C=C(c3ccc4[nH]c5ccccc5c4c3)C=CC1N2c1ccccc1C. The number of aryl methyl sites for hydroxylation is 2. The summed E-state index contributed by atoms with van der Waals surface area (Å²) in [5.41, 5.74) is 11.6. The van der Waals surface area contributed by atoms with Gasteiger partial charge in [-0.1, -0.05) is 78.4 Å². The number of fused-ring (bicyclic) bond motifs is 6. The molecule has 1 N–H and O–H groups in total. The molecule has 4 aromatic carbocycles. The molecule has 2 atom stereocenters. The van der Waals surface area contributed by atoms with E-state index >= 15 is 0 Å². The molecule has 164 valence electrons. The lowest BCUT2D eigenvalue weighted by atomic mass is 9.85. The normalized spacial score (nSPS) is 18.9. The first kappa shape index (κ1) is 19.4. The van der Waals surface area contributed by atoms with Crippen LogP contribution in [0.3, 0.4) is 0 Å². The summed E-state index contributed by atoms with van der Waals surface area (Å²) in [5.74, 6) is 0.327. The van der Waals surface area contributed by atoms with Crippen LogP contribution in [0.5, 0.6) is 0 Å². The molecule has 2 nitrogen and oxygen atoms in total. The van der Waals surface area contributed by atoms with Crippen molar-refractivity contribution in [2.75, 3.05) is 4.90 Å². The Morgan fingerprint density at radius 2 is 1.56 bits per heavy atom. The van der Waals surface area contributed by atoms with E-state index in [2.05, 4.69) is 127 Å². The van der Waals surface area contributed by atoms with Crippen molar-refractivity contribution in [1.82, 2.24) is 4.98 Å². The van der Waals surface area contributed by atoms with Crippen molar-refractivity contribution in [3.8, 4) is 0 Å². The molecule has 0 fully saturated rings. The molecular weight excluding hydrogens is 412 g/mol. The summed E-state index contributed by atoms with van der Waals surface area (Å²) in [6.45, 7) is 4.40. The van der Waals surface area contributed by atoms with Crippen LogP contribution in [-0.4, -0.2) is 11.0 Å². The summed E-state index contributed by atoms with van der Waals surface area (Å²) in [6.07, 6.45) is 7.21. The molecule has 1 aromatic heterocycles. The molecular formula is C32H26N2. The number of H-pyrrole nitrogens is 1. The van der Waals surface area contributed by atoms with Gasteiger partial charge in [0.15, 0.2) is 0 Å². The molecule has 2 aliphatic rings. The highest BCUT2D eigenvalue weighted by Gasteiger charge is 2.38. The van der Waals surface area contributed by atoms with Crippen molar-refractivity contribution < 1.29 is 0 Å². The zero-order valence-electron chi connectivity index (χ0n) is 19.4. The maximum atomic E-state index is 3.55. The number of allylic oxidation sites excluding steroid dienone is 2. The molecule has 0 radical (unpaired) electrons. The minimum absolute atomic E-state index is 0.290. The van der Waals surface area contributed by atoms with Crippen molar-refractivity contribution in [2.24, 2.45) is 0 Å². The molecule has 7 rings (SSSR count). The Balaban J connectivity index is 1.36. The molecule has 1 aliphatic carbocycles. The maximum absolute atomic E-state index is 3.55. The third kappa shape index (κ3) is 2.82. The summed E-state index contributed by atoms with van der Waals surface area (Å²) in [5, 5.41) is 2.57. The summed E-state index contributed by atoms with van der Waals surface area (Å²) in [6, 6.07) is 31.3. The number of rotatable bonds is 2. The van der Waals surface area contributed by atoms with E-state index in [1.807, 2.05) is 0 Å². The number of benzene rings is 4. The van der Waals surface area contributed by atoms with Crippen LogP contribution >= 0.6 is 0 Å². The third-order valence-corrected chi connectivity index (χ3v) is 7.51. The van der Waals surface area contributed by atoms with Crippen LogP contribution in [0.25, 0.3) is 27.4 Å². The Labute approximate surface area is 199 Å². The van der Waals surface area contributed by atoms with E-state index in [0.29, 0.717) is 12.0 Å². The standard InChI is InChI=1S/C32H26N2/c1-20-11-15-31-26(17-20)27-19-23(13-16-32(27)34(31)30-10-6-3-7-21(30)2)22-12-14-29-25(18-22)24-8-4-5-9-28(24)33-29/h3-19,27,32-33H,1-2H3. The minimum atomic E-state index is 0.290. The Hall–Kier alpha value is -4.04. The lowest BCUT2D eigenvalue weighted by Gasteiger charge is -2.31. The van der Waals surface area contributed by atoms with Crippen LogP contribution in [0.1, 0.15) is 28.2 Å². The molecule has 0 spiro atoms. The highest BCUT2D eigenvalue weighted by molar-refractivity contribution is 6.08. The Bertz CT molecular complexity index is 1650. The van der Waals surface area contributed by atoms with E-state index < -0.39 is 0 Å². The van der Waals surface area contributed by atoms with Gasteiger partial charge in [0.2, 0.25) is 0 Å². The Kier molecular flexibility index (Phi) is 4.13. The summed E-state index contributed by atoms with van der Waals surface area (Å²) < 4.78 is 0. The topological polar surface area (TPSA) is 19.0 Å². The number of nitrogens with one attached hydrogen (secondary N) is 1. The number of aromatic nitrogens is 1. The van der Waals surface area contributed by atoms with E-state index in [1.165, 1.54) is 61.0 Å². The second-order valence-corrected chi connectivity index (χ2v) is 9.65. The minimum Gasteiger partial charge on any atom is -0.355 e. The van der Waals surface area contributed by atoms with Gasteiger partial charge in [0.05, 0.1) is 6.04 Å². The van der Waals surface area contributed by atoms with E-state index in [0.717, 1.165) is 0 Å². The summed E-state index contributed by atoms with van der Waals surface area (Å²) in [7, 11) is 0. The fraction of sp³-hybridized carbons (Fsp3) is 0.125. The first-order valence-electron chi connectivity index (χ1n) is 12.0. The number of nitrogens with zero attached hydrogens (tertiary/aromatic N) is 1. The van der Waals surface area contributed by atoms with E-state index in [9.17, 15) is 0 Å². The van der Waals surface area contributed by atoms with Crippen molar-refractivity contribution in [1.29, 1.82) is 0 Å². The van der Waals surface area contributed by atoms with Gasteiger partial charge >= 0.3 is 0 Å². The molecule has 1 aliphatic heterocycles. The van der Waals surface area contributed by atoms with Crippen molar-refractivity contribution in [3.63, 3.8) is 0 Å². The van der Waals surface area contributed by atoms with E-state index in [-0.39, 0.29) is 0 Å². The molecule has 34 heavy (non-hydrogen) atoms.